The molecule has 33 heavy (non-hydrogen) atoms. The Balaban J connectivity index is 1.59. The predicted molar refractivity (Wildman–Crippen MR) is 120 cm³/mol. The van der Waals surface area contributed by atoms with E-state index in [-0.39, 0.29) is 23.4 Å². The normalized spacial score (nSPS) is 12.8. The van der Waals surface area contributed by atoms with Crippen LogP contribution >= 0.6 is 0 Å². The number of amides is 1. The number of anilines is 1. The van der Waals surface area contributed by atoms with E-state index in [1.54, 1.807) is 19.1 Å². The molecule has 5 nitrogen and oxygen atoms in total. The van der Waals surface area contributed by atoms with Gasteiger partial charge in [-0.15, -0.1) is 0 Å². The monoisotopic (exact) mass is 476 g/mol. The molecule has 3 aromatic carbocycles. The Morgan fingerprint density at radius 1 is 0.909 bits per heavy atom. The van der Waals surface area contributed by atoms with E-state index in [1.807, 2.05) is 30.3 Å². The number of para-hydroxylation sites is 1. The minimum Gasteiger partial charge on any atom is -0.325 e. The molecule has 0 saturated carbocycles. The lowest BCUT2D eigenvalue weighted by atomic mass is 10.1. The first-order valence-corrected chi connectivity index (χ1v) is 11.7. The van der Waals surface area contributed by atoms with Crippen LogP contribution in [0.3, 0.4) is 0 Å². The van der Waals surface area contributed by atoms with Crippen molar-refractivity contribution in [2.45, 2.75) is 36.9 Å². The van der Waals surface area contributed by atoms with Gasteiger partial charge < -0.3 is 5.32 Å². The van der Waals surface area contributed by atoms with Crippen LogP contribution in [0.5, 0.6) is 0 Å². The second-order valence-corrected chi connectivity index (χ2v) is 9.20. The first kappa shape index (κ1) is 24.5. The SMILES string of the molecule is C[C@@H](NS(=O)(=O)c1ccc(CCC(=O)Nc2ccccc2C(F)(F)F)cc1)c1ccccc1. The molecule has 1 amide bonds. The number of hydrogen-bond donors (Lipinski definition) is 2. The molecule has 3 aromatic rings. The van der Waals surface area contributed by atoms with Crippen LogP contribution < -0.4 is 10.0 Å². The van der Waals surface area contributed by atoms with E-state index in [0.29, 0.717) is 5.56 Å². The zero-order valence-electron chi connectivity index (χ0n) is 17.8. The molecule has 3 rings (SSSR count). The second kappa shape index (κ2) is 10.2. The molecule has 0 bridgehead atoms. The Hall–Kier alpha value is -3.17. The predicted octanol–water partition coefficient (Wildman–Crippen LogP) is 5.32. The highest BCUT2D eigenvalue weighted by atomic mass is 32.2. The van der Waals surface area contributed by atoms with Crippen molar-refractivity contribution in [3.63, 3.8) is 0 Å². The number of nitrogens with one attached hydrogen (secondary N) is 2. The van der Waals surface area contributed by atoms with E-state index in [0.717, 1.165) is 11.6 Å². The van der Waals surface area contributed by atoms with Crippen LogP contribution in [-0.2, 0) is 27.4 Å². The van der Waals surface area contributed by atoms with Gasteiger partial charge in [0.15, 0.2) is 0 Å². The van der Waals surface area contributed by atoms with E-state index >= 15 is 0 Å². The number of benzene rings is 3. The number of sulfonamides is 1. The van der Waals surface area contributed by atoms with Crippen molar-refractivity contribution < 1.29 is 26.4 Å². The lowest BCUT2D eigenvalue weighted by molar-refractivity contribution is -0.137. The summed E-state index contributed by atoms with van der Waals surface area (Å²) in [5.74, 6) is -0.568. The minimum atomic E-state index is -4.57. The molecule has 0 aliphatic rings. The standard InChI is InChI=1S/C24H23F3N2O3S/c1-17(19-7-3-2-4-8-19)29-33(31,32)20-14-11-18(12-15-20)13-16-23(30)28-22-10-6-5-9-21(22)24(25,26)27/h2-12,14-15,17,29H,13,16H2,1H3,(H,28,30)/t17-/m1/s1. The van der Waals surface area contributed by atoms with Crippen molar-refractivity contribution in [1.29, 1.82) is 0 Å². The van der Waals surface area contributed by atoms with Crippen LogP contribution in [0.2, 0.25) is 0 Å². The highest BCUT2D eigenvalue weighted by molar-refractivity contribution is 7.89. The minimum absolute atomic E-state index is 0.0540. The fraction of sp³-hybridized carbons (Fsp3) is 0.208. The largest absolute Gasteiger partial charge is 0.418 e. The molecule has 1 atom stereocenters. The van der Waals surface area contributed by atoms with Crippen molar-refractivity contribution in [1.82, 2.24) is 4.72 Å². The summed E-state index contributed by atoms with van der Waals surface area (Å²) in [6, 6.07) is 19.5. The summed E-state index contributed by atoms with van der Waals surface area (Å²) in [5.41, 5.74) is 0.306. The third-order valence-electron chi connectivity index (χ3n) is 5.01. The summed E-state index contributed by atoms with van der Waals surface area (Å²) >= 11 is 0. The average molecular weight is 477 g/mol. The van der Waals surface area contributed by atoms with E-state index in [2.05, 4.69) is 10.0 Å². The smallest absolute Gasteiger partial charge is 0.325 e. The van der Waals surface area contributed by atoms with Crippen molar-refractivity contribution >= 4 is 21.6 Å². The number of halogens is 3. The van der Waals surface area contributed by atoms with E-state index in [4.69, 9.17) is 0 Å². The van der Waals surface area contributed by atoms with Gasteiger partial charge in [0.1, 0.15) is 0 Å². The lowest BCUT2D eigenvalue weighted by Crippen LogP contribution is -2.26. The lowest BCUT2D eigenvalue weighted by Gasteiger charge is -2.15. The van der Waals surface area contributed by atoms with Gasteiger partial charge in [-0.1, -0.05) is 54.6 Å². The Labute approximate surface area is 190 Å². The van der Waals surface area contributed by atoms with Crippen LogP contribution in [0.4, 0.5) is 18.9 Å². The molecule has 0 fully saturated rings. The summed E-state index contributed by atoms with van der Waals surface area (Å²) in [4.78, 5) is 12.2. The molecule has 0 saturated heterocycles. The highest BCUT2D eigenvalue weighted by Crippen LogP contribution is 2.34. The van der Waals surface area contributed by atoms with Crippen LogP contribution in [0.25, 0.3) is 0 Å². The quantitative estimate of drug-likeness (QED) is 0.462. The van der Waals surface area contributed by atoms with Gasteiger partial charge in [0.05, 0.1) is 16.1 Å². The number of hydrogen-bond acceptors (Lipinski definition) is 3. The molecule has 0 aliphatic carbocycles. The van der Waals surface area contributed by atoms with Gasteiger partial charge in [-0.2, -0.15) is 13.2 Å². The highest BCUT2D eigenvalue weighted by Gasteiger charge is 2.33. The molecule has 0 aromatic heterocycles. The maximum Gasteiger partial charge on any atom is 0.418 e. The molecule has 0 spiro atoms. The van der Waals surface area contributed by atoms with Crippen molar-refractivity contribution in [2.24, 2.45) is 0 Å². The maximum absolute atomic E-state index is 13.1. The Morgan fingerprint density at radius 2 is 1.52 bits per heavy atom. The van der Waals surface area contributed by atoms with Crippen LogP contribution in [-0.4, -0.2) is 14.3 Å². The molecule has 174 valence electrons. The number of aryl methyl sites for hydroxylation is 1. The zero-order valence-corrected chi connectivity index (χ0v) is 18.6. The molecule has 9 heteroatoms. The fourth-order valence-electron chi connectivity index (χ4n) is 3.26. The Morgan fingerprint density at radius 3 is 2.15 bits per heavy atom. The molecular formula is C24H23F3N2O3S. The molecule has 0 aliphatic heterocycles. The summed E-state index contributed by atoms with van der Waals surface area (Å²) in [6.07, 6.45) is -4.38. The first-order chi connectivity index (χ1) is 15.6. The summed E-state index contributed by atoms with van der Waals surface area (Å²) in [5, 5.41) is 2.30. The van der Waals surface area contributed by atoms with Gasteiger partial charge in [-0.3, -0.25) is 4.79 Å². The van der Waals surface area contributed by atoms with E-state index < -0.39 is 33.7 Å². The van der Waals surface area contributed by atoms with Crippen LogP contribution in [0.15, 0.2) is 83.8 Å². The van der Waals surface area contributed by atoms with Gasteiger partial charge >= 0.3 is 6.18 Å². The first-order valence-electron chi connectivity index (χ1n) is 10.2. The van der Waals surface area contributed by atoms with Gasteiger partial charge in [-0.05, 0) is 48.7 Å². The Bertz CT molecular complexity index is 1200. The van der Waals surface area contributed by atoms with Crippen molar-refractivity contribution in [3.05, 3.63) is 95.6 Å². The number of carbonyl (C=O) groups excluding carboxylic acids is 1. The zero-order chi connectivity index (χ0) is 24.1. The summed E-state index contributed by atoms with van der Waals surface area (Å²) in [7, 11) is -3.75. The van der Waals surface area contributed by atoms with E-state index in [1.165, 1.54) is 30.3 Å². The maximum atomic E-state index is 13.1. The third kappa shape index (κ3) is 6.66. The summed E-state index contributed by atoms with van der Waals surface area (Å²) in [6.45, 7) is 1.75. The number of carbonyl (C=O) groups is 1. The van der Waals surface area contributed by atoms with Gasteiger partial charge in [0.2, 0.25) is 15.9 Å². The average Bonchev–Trinajstić information content (AvgIpc) is 2.78. The number of rotatable bonds is 8. The molecule has 0 radical (unpaired) electrons. The fourth-order valence-corrected chi connectivity index (χ4v) is 4.49. The second-order valence-electron chi connectivity index (χ2n) is 7.49. The van der Waals surface area contributed by atoms with Crippen LogP contribution in [0, 0.1) is 0 Å². The van der Waals surface area contributed by atoms with Crippen molar-refractivity contribution in [3.8, 4) is 0 Å². The van der Waals surface area contributed by atoms with Gasteiger partial charge in [0, 0.05) is 12.5 Å². The molecular weight excluding hydrogens is 453 g/mol. The van der Waals surface area contributed by atoms with E-state index in [9.17, 15) is 26.4 Å². The Kier molecular flexibility index (Phi) is 7.55. The van der Waals surface area contributed by atoms with Gasteiger partial charge in [0.25, 0.3) is 0 Å². The summed E-state index contributed by atoms with van der Waals surface area (Å²) < 4.78 is 67.1. The molecule has 2 N–H and O–H groups in total. The molecule has 0 unspecified atom stereocenters. The van der Waals surface area contributed by atoms with Crippen molar-refractivity contribution in [2.75, 3.05) is 5.32 Å². The third-order valence-corrected chi connectivity index (χ3v) is 6.57. The van der Waals surface area contributed by atoms with Gasteiger partial charge in [-0.25, -0.2) is 13.1 Å². The topological polar surface area (TPSA) is 75.3 Å². The van der Waals surface area contributed by atoms with Crippen LogP contribution in [0.1, 0.15) is 36.1 Å². The molecule has 0 heterocycles. The number of alkyl halides is 3.